The van der Waals surface area contributed by atoms with Gasteiger partial charge in [-0.2, -0.15) is 23.5 Å². The third-order valence-corrected chi connectivity index (χ3v) is 20.6. The van der Waals surface area contributed by atoms with E-state index in [1.165, 1.54) is 113 Å². The Morgan fingerprint density at radius 2 is 0.990 bits per heavy atom. The van der Waals surface area contributed by atoms with Gasteiger partial charge in [0.25, 0.3) is 0 Å². The predicted molar refractivity (Wildman–Crippen MR) is 385 cm³/mol. The van der Waals surface area contributed by atoms with E-state index in [4.69, 9.17) is 0 Å². The minimum atomic E-state index is -1.66. The van der Waals surface area contributed by atoms with Gasteiger partial charge in [0.2, 0.25) is 65.0 Å². The van der Waals surface area contributed by atoms with Crippen LogP contribution in [-0.4, -0.2) is 285 Å². The zero-order chi connectivity index (χ0) is 74.4. The van der Waals surface area contributed by atoms with E-state index in [0.29, 0.717) is 5.75 Å². The first-order valence-corrected chi connectivity index (χ1v) is 37.3. The number of nitrogens with zero attached hydrogens (tertiary/aromatic N) is 8. The first kappa shape index (κ1) is 87.6. The number of hydrogen-bond donors (Lipinski definition) is 6. The quantitative estimate of drug-likeness (QED) is 0.0701. The van der Waals surface area contributed by atoms with Gasteiger partial charge in [-0.05, 0) is 121 Å². The number of aliphatic hydroxyl groups excluding tert-OH is 1. The molecular formula is C70H126N12O13S2. The summed E-state index contributed by atoms with van der Waals surface area (Å²) in [6, 6.07) is -14.3. The molecule has 25 nitrogen and oxygen atoms in total. The van der Waals surface area contributed by atoms with Gasteiger partial charge in [-0.3, -0.25) is 52.7 Å². The summed E-state index contributed by atoms with van der Waals surface area (Å²) in [6.07, 6.45) is 3.17. The second-order valence-electron chi connectivity index (χ2n) is 29.6. The molecule has 2 rings (SSSR count). The molecule has 27 heteroatoms. The molecule has 0 saturated carbocycles. The molecule has 556 valence electrons. The van der Waals surface area contributed by atoms with E-state index in [0.717, 1.165) is 47.4 Å². The molecule has 2 aliphatic heterocycles. The number of carbonyl (C=O) groups excluding carboxylic acids is 11. The molecule has 13 atom stereocenters. The number of aliphatic hydroxyl groups is 2. The normalized spacial score (nSPS) is 27.1. The summed E-state index contributed by atoms with van der Waals surface area (Å²) >= 11 is 3.33. The van der Waals surface area contributed by atoms with Crippen molar-refractivity contribution in [2.24, 2.45) is 35.5 Å². The fourth-order valence-corrected chi connectivity index (χ4v) is 14.5. The maximum absolute atomic E-state index is 15.5. The van der Waals surface area contributed by atoms with Crippen LogP contribution in [0.25, 0.3) is 0 Å². The van der Waals surface area contributed by atoms with Gasteiger partial charge in [-0.15, -0.1) is 0 Å². The summed E-state index contributed by atoms with van der Waals surface area (Å²) in [6.45, 7) is 31.8. The molecule has 0 aromatic heterocycles. The van der Waals surface area contributed by atoms with Gasteiger partial charge in [-0.1, -0.05) is 95.2 Å². The van der Waals surface area contributed by atoms with Crippen LogP contribution in [0.3, 0.4) is 0 Å². The van der Waals surface area contributed by atoms with Crippen LogP contribution in [0.2, 0.25) is 0 Å². The van der Waals surface area contributed by atoms with E-state index in [1.807, 2.05) is 59.4 Å². The van der Waals surface area contributed by atoms with Gasteiger partial charge in [-0.25, -0.2) is 0 Å². The Kier molecular flexibility index (Phi) is 36.7. The van der Waals surface area contributed by atoms with Crippen LogP contribution in [0.4, 0.5) is 0 Å². The van der Waals surface area contributed by atoms with E-state index < -0.39 is 161 Å². The summed E-state index contributed by atoms with van der Waals surface area (Å²) < 4.78 is 0. The van der Waals surface area contributed by atoms with Crippen molar-refractivity contribution in [1.29, 1.82) is 0 Å². The summed E-state index contributed by atoms with van der Waals surface area (Å²) in [7, 11) is 9.94. The van der Waals surface area contributed by atoms with Crippen LogP contribution in [0.15, 0.2) is 12.2 Å². The summed E-state index contributed by atoms with van der Waals surface area (Å²) in [5, 5.41) is 34.9. The lowest BCUT2D eigenvalue weighted by atomic mass is 9.91. The van der Waals surface area contributed by atoms with Gasteiger partial charge < -0.3 is 70.7 Å². The number of allylic oxidation sites excluding steroid dienone is 2. The molecule has 0 aromatic carbocycles. The van der Waals surface area contributed by atoms with Crippen molar-refractivity contribution in [3.63, 3.8) is 0 Å². The molecule has 0 bridgehead atoms. The first-order chi connectivity index (χ1) is 45.0. The Morgan fingerprint density at radius 1 is 0.536 bits per heavy atom. The van der Waals surface area contributed by atoms with Crippen molar-refractivity contribution in [3.8, 4) is 0 Å². The summed E-state index contributed by atoms with van der Waals surface area (Å²) in [5.41, 5.74) is -1.58. The molecule has 6 N–H and O–H groups in total. The van der Waals surface area contributed by atoms with Crippen molar-refractivity contribution in [2.45, 2.75) is 241 Å². The minimum Gasteiger partial charge on any atom is -0.390 e. The number of nitrogens with one attached hydrogen (secondary N) is 4. The molecule has 0 unspecified atom stereocenters. The van der Waals surface area contributed by atoms with Crippen molar-refractivity contribution in [2.75, 3.05) is 92.0 Å². The maximum Gasteiger partial charge on any atom is 0.246 e. The Hall–Kier alpha value is -5.51. The second-order valence-corrected chi connectivity index (χ2v) is 32.0. The zero-order valence-corrected chi connectivity index (χ0v) is 64.9. The van der Waals surface area contributed by atoms with E-state index in [-0.39, 0.29) is 62.0 Å². The minimum absolute atomic E-state index is 0.0195. The van der Waals surface area contributed by atoms with Crippen LogP contribution >= 0.6 is 23.5 Å². The topological polar surface area (TPSA) is 302 Å². The van der Waals surface area contributed by atoms with Crippen molar-refractivity contribution in [3.05, 3.63) is 12.2 Å². The molecule has 2 heterocycles. The second kappa shape index (κ2) is 40.7. The van der Waals surface area contributed by atoms with Crippen LogP contribution in [-0.2, 0) is 52.7 Å². The molecule has 2 fully saturated rings. The van der Waals surface area contributed by atoms with Crippen LogP contribution < -0.4 is 21.3 Å². The lowest BCUT2D eigenvalue weighted by molar-refractivity contribution is -0.157. The molecule has 0 aliphatic carbocycles. The molecule has 11 amide bonds. The molecule has 2 aliphatic rings. The Morgan fingerprint density at radius 3 is 1.48 bits per heavy atom. The van der Waals surface area contributed by atoms with E-state index in [2.05, 4.69) is 26.2 Å². The van der Waals surface area contributed by atoms with Crippen molar-refractivity contribution >= 4 is 88.5 Å². The van der Waals surface area contributed by atoms with Crippen molar-refractivity contribution < 1.29 is 63.0 Å². The van der Waals surface area contributed by atoms with Gasteiger partial charge in [0, 0.05) is 86.1 Å². The number of rotatable bonds is 21. The third-order valence-electron chi connectivity index (χ3n) is 18.5. The van der Waals surface area contributed by atoms with Gasteiger partial charge >= 0.3 is 0 Å². The van der Waals surface area contributed by atoms with Crippen LogP contribution in [0.5, 0.6) is 0 Å². The molecule has 2 saturated heterocycles. The standard InChI is InChI=1S/C70H126N12O13S2/c1-25-27-29-46(13)58(83)57-62(87)73-49(26-2)64(89)79(22)54(40-97-33-28-30-82-31-34-96-35-32-82)67(92)78(21)53(39-70(16,17)95)61(86)74-55(44(9)10)68(93)75(18)50(36-41(3)4)60(85)71-47(14)59(84)72-48(15)63(88)76(19)51(37-42(5)6)65(90)77(20)52(38-43(7)8)66(91)80(23)56(45(11)12)69(94)81(57)24/h25,27,41-58,83,95H,26,28-40H2,1-24H3,(H,71,85)(H,72,84)(H,73,87)(H,74,86)/t46-,47+,48-,49+,50+,51+,52+,53+,54-,55+,56+,57+,58-/m1/s1. The monoisotopic (exact) mass is 1410 g/mol. The fraction of sp³-hybridized carbons (Fsp3) is 0.814. The van der Waals surface area contributed by atoms with E-state index in [9.17, 15) is 29.4 Å². The lowest BCUT2D eigenvalue weighted by Crippen LogP contribution is -2.64. The van der Waals surface area contributed by atoms with Gasteiger partial charge in [0.1, 0.15) is 66.5 Å². The van der Waals surface area contributed by atoms with Crippen molar-refractivity contribution in [1.82, 2.24) is 60.5 Å². The number of amides is 11. The first-order valence-electron chi connectivity index (χ1n) is 35.0. The summed E-state index contributed by atoms with van der Waals surface area (Å²) in [5.74, 6) is -7.49. The fourth-order valence-electron chi connectivity index (χ4n) is 12.4. The Balaban J connectivity index is 3.11. The SMILES string of the molecule is CC=CC[C@@H](C)[C@@H](O)[C@H]1C(=O)N[C@@H](CC)C(=O)N(C)[C@H](CSCCCN2CCSCC2)C(=O)N(C)[C@@H](CC(C)(C)O)C(=O)N[C@@H](C(C)C)C(=O)N(C)[C@@H](CC(C)C)C(=O)N[C@@H](C)C(=O)N[C@H](C)C(=O)N(C)[C@@H](CC(C)C)C(=O)N(C)[C@@H](CC(C)C)C(=O)N(C)[C@@H](C(C)C)C(=O)N1C. The van der Waals surface area contributed by atoms with E-state index in [1.54, 1.807) is 54.5 Å². The third kappa shape index (κ3) is 25.9. The number of carbonyl (C=O) groups is 11. The van der Waals surface area contributed by atoms with Crippen LogP contribution in [0, 0.1) is 35.5 Å². The highest BCUT2D eigenvalue weighted by Crippen LogP contribution is 2.27. The molecule has 0 aromatic rings. The van der Waals surface area contributed by atoms with E-state index >= 15 is 33.6 Å². The Labute approximate surface area is 589 Å². The number of hydrogen-bond acceptors (Lipinski definition) is 16. The number of thioether (sulfide) groups is 2. The summed E-state index contributed by atoms with van der Waals surface area (Å²) in [4.78, 5) is 176. The highest BCUT2D eigenvalue weighted by Gasteiger charge is 2.47. The van der Waals surface area contributed by atoms with Gasteiger partial charge in [0.05, 0.1) is 11.7 Å². The molecule has 0 spiro atoms. The average molecular weight is 1410 g/mol. The number of likely N-dealkylation sites (N-methyl/N-ethyl adjacent to an activating group) is 7. The smallest absolute Gasteiger partial charge is 0.246 e. The zero-order valence-electron chi connectivity index (χ0n) is 63.2. The average Bonchev–Trinajstić information content (AvgIpc) is 0.808. The van der Waals surface area contributed by atoms with Gasteiger partial charge in [0.15, 0.2) is 0 Å². The lowest BCUT2D eigenvalue weighted by Gasteiger charge is -2.41. The predicted octanol–water partition coefficient (Wildman–Crippen LogP) is 3.92. The largest absolute Gasteiger partial charge is 0.390 e. The maximum atomic E-state index is 15.5. The highest BCUT2D eigenvalue weighted by atomic mass is 32.2. The molecular weight excluding hydrogens is 1280 g/mol. The van der Waals surface area contributed by atoms with Crippen LogP contribution in [0.1, 0.15) is 163 Å². The molecule has 97 heavy (non-hydrogen) atoms. The Bertz CT molecular complexity index is 2650. The molecule has 0 radical (unpaired) electrons. The highest BCUT2D eigenvalue weighted by molar-refractivity contribution is 7.99.